The number of hydrogen-bond donors (Lipinski definition) is 1. The second kappa shape index (κ2) is 4.28. The lowest BCUT2D eigenvalue weighted by Crippen LogP contribution is -2.27. The molecule has 1 saturated carbocycles. The average Bonchev–Trinajstić information content (AvgIpc) is 3.04. The molecular formula is C12H20N4. The van der Waals surface area contributed by atoms with Crippen LogP contribution in [0.15, 0.2) is 0 Å². The average molecular weight is 220 g/mol. The van der Waals surface area contributed by atoms with E-state index in [2.05, 4.69) is 21.8 Å². The number of nitrogen functional groups attached to an aromatic ring is 1. The van der Waals surface area contributed by atoms with E-state index in [1.807, 2.05) is 13.8 Å². The number of nitrogens with zero attached hydrogens (tertiary/aromatic N) is 3. The van der Waals surface area contributed by atoms with Crippen molar-refractivity contribution in [3.8, 4) is 0 Å². The number of aromatic nitrogens is 2. The predicted octanol–water partition coefficient (Wildman–Crippen LogP) is 1.91. The highest BCUT2D eigenvalue weighted by Gasteiger charge is 2.25. The second-order valence-corrected chi connectivity index (χ2v) is 4.59. The predicted molar refractivity (Wildman–Crippen MR) is 66.5 cm³/mol. The van der Waals surface area contributed by atoms with Gasteiger partial charge in [-0.2, -0.15) is 0 Å². The van der Waals surface area contributed by atoms with Crippen LogP contribution in [0.5, 0.6) is 0 Å². The van der Waals surface area contributed by atoms with Gasteiger partial charge < -0.3 is 10.6 Å². The van der Waals surface area contributed by atoms with Crippen LogP contribution in [0, 0.1) is 19.8 Å². The maximum Gasteiger partial charge on any atom is 0.137 e. The van der Waals surface area contributed by atoms with E-state index in [9.17, 15) is 0 Å². The minimum absolute atomic E-state index is 0.608. The molecule has 0 spiro atoms. The Morgan fingerprint density at radius 2 is 2.00 bits per heavy atom. The summed E-state index contributed by atoms with van der Waals surface area (Å²) in [5.74, 6) is 3.24. The van der Waals surface area contributed by atoms with Crippen molar-refractivity contribution in [1.29, 1.82) is 0 Å². The maximum atomic E-state index is 5.88. The molecule has 0 aromatic carbocycles. The number of rotatable bonds is 4. The number of nitrogens with two attached hydrogens (primary N) is 1. The lowest BCUT2D eigenvalue weighted by molar-refractivity contribution is 0.725. The minimum Gasteiger partial charge on any atom is -0.383 e. The van der Waals surface area contributed by atoms with Gasteiger partial charge in [0, 0.05) is 18.7 Å². The van der Waals surface area contributed by atoms with E-state index in [0.717, 1.165) is 36.2 Å². The third kappa shape index (κ3) is 2.26. The summed E-state index contributed by atoms with van der Waals surface area (Å²) >= 11 is 0. The molecule has 88 valence electrons. The van der Waals surface area contributed by atoms with Crippen molar-refractivity contribution in [1.82, 2.24) is 9.97 Å². The molecule has 0 unspecified atom stereocenters. The first-order chi connectivity index (χ1) is 7.61. The molecule has 16 heavy (non-hydrogen) atoms. The summed E-state index contributed by atoms with van der Waals surface area (Å²) in [5, 5.41) is 0. The molecule has 0 bridgehead atoms. The first kappa shape index (κ1) is 11.2. The van der Waals surface area contributed by atoms with Crippen LogP contribution in [0.1, 0.15) is 31.2 Å². The van der Waals surface area contributed by atoms with E-state index in [4.69, 9.17) is 5.73 Å². The fourth-order valence-electron chi connectivity index (χ4n) is 1.92. The van der Waals surface area contributed by atoms with Gasteiger partial charge in [0.2, 0.25) is 0 Å². The Balaban J connectivity index is 2.28. The molecule has 1 aliphatic carbocycles. The van der Waals surface area contributed by atoms with E-state index in [1.54, 1.807) is 0 Å². The summed E-state index contributed by atoms with van der Waals surface area (Å²) in [6.45, 7) is 8.14. The van der Waals surface area contributed by atoms with E-state index in [0.29, 0.717) is 5.82 Å². The first-order valence-corrected chi connectivity index (χ1v) is 5.97. The van der Waals surface area contributed by atoms with Gasteiger partial charge in [0.25, 0.3) is 0 Å². The summed E-state index contributed by atoms with van der Waals surface area (Å²) in [6, 6.07) is 0. The summed E-state index contributed by atoms with van der Waals surface area (Å²) in [4.78, 5) is 11.0. The zero-order chi connectivity index (χ0) is 11.7. The molecule has 0 saturated heterocycles. The van der Waals surface area contributed by atoms with Gasteiger partial charge in [-0.25, -0.2) is 9.97 Å². The largest absolute Gasteiger partial charge is 0.383 e. The lowest BCUT2D eigenvalue weighted by Gasteiger charge is -2.24. The highest BCUT2D eigenvalue weighted by atomic mass is 15.2. The SMILES string of the molecule is CCN(CC1CC1)c1nc(C)nc(N)c1C. The van der Waals surface area contributed by atoms with Crippen LogP contribution in [0.2, 0.25) is 0 Å². The van der Waals surface area contributed by atoms with Gasteiger partial charge in [-0.3, -0.25) is 0 Å². The van der Waals surface area contributed by atoms with Gasteiger partial charge in [0.05, 0.1) is 0 Å². The van der Waals surface area contributed by atoms with Crippen LogP contribution >= 0.6 is 0 Å². The van der Waals surface area contributed by atoms with Crippen molar-refractivity contribution in [2.75, 3.05) is 23.7 Å². The Labute approximate surface area is 96.9 Å². The quantitative estimate of drug-likeness (QED) is 0.842. The van der Waals surface area contributed by atoms with Crippen molar-refractivity contribution < 1.29 is 0 Å². The Morgan fingerprint density at radius 3 is 2.56 bits per heavy atom. The monoisotopic (exact) mass is 220 g/mol. The number of hydrogen-bond acceptors (Lipinski definition) is 4. The van der Waals surface area contributed by atoms with E-state index in [-0.39, 0.29) is 0 Å². The molecule has 0 radical (unpaired) electrons. The van der Waals surface area contributed by atoms with Crippen molar-refractivity contribution in [3.63, 3.8) is 0 Å². The first-order valence-electron chi connectivity index (χ1n) is 5.97. The molecule has 1 aromatic rings. The van der Waals surface area contributed by atoms with Crippen LogP contribution < -0.4 is 10.6 Å². The van der Waals surface area contributed by atoms with Crippen LogP contribution in [-0.2, 0) is 0 Å². The molecule has 1 aliphatic rings. The number of aryl methyl sites for hydroxylation is 1. The van der Waals surface area contributed by atoms with Crippen molar-refractivity contribution in [2.45, 2.75) is 33.6 Å². The minimum atomic E-state index is 0.608. The summed E-state index contributed by atoms with van der Waals surface area (Å²) in [6.07, 6.45) is 2.71. The van der Waals surface area contributed by atoms with E-state index < -0.39 is 0 Å². The standard InChI is InChI=1S/C12H20N4/c1-4-16(7-10-5-6-10)12-8(2)11(13)14-9(3)15-12/h10H,4-7H2,1-3H3,(H2,13,14,15). The van der Waals surface area contributed by atoms with Gasteiger partial charge in [0.1, 0.15) is 17.5 Å². The van der Waals surface area contributed by atoms with Crippen LogP contribution in [0.4, 0.5) is 11.6 Å². The Morgan fingerprint density at radius 1 is 1.31 bits per heavy atom. The molecule has 0 aliphatic heterocycles. The third-order valence-electron chi connectivity index (χ3n) is 3.13. The fraction of sp³-hybridized carbons (Fsp3) is 0.667. The molecule has 2 rings (SSSR count). The molecule has 1 heterocycles. The normalized spacial score (nSPS) is 15.2. The second-order valence-electron chi connectivity index (χ2n) is 4.59. The van der Waals surface area contributed by atoms with Crippen LogP contribution in [0.25, 0.3) is 0 Å². The highest BCUT2D eigenvalue weighted by molar-refractivity contribution is 5.56. The molecular weight excluding hydrogens is 200 g/mol. The van der Waals surface area contributed by atoms with Gasteiger partial charge in [-0.15, -0.1) is 0 Å². The van der Waals surface area contributed by atoms with Gasteiger partial charge in [0.15, 0.2) is 0 Å². The summed E-state index contributed by atoms with van der Waals surface area (Å²) in [5.41, 5.74) is 6.89. The summed E-state index contributed by atoms with van der Waals surface area (Å²) in [7, 11) is 0. The van der Waals surface area contributed by atoms with E-state index >= 15 is 0 Å². The lowest BCUT2D eigenvalue weighted by atomic mass is 10.2. The Hall–Kier alpha value is -1.32. The van der Waals surface area contributed by atoms with Crippen LogP contribution in [0.3, 0.4) is 0 Å². The van der Waals surface area contributed by atoms with Crippen LogP contribution in [-0.4, -0.2) is 23.1 Å². The Kier molecular flexibility index (Phi) is 2.99. The zero-order valence-electron chi connectivity index (χ0n) is 10.3. The van der Waals surface area contributed by atoms with Crippen molar-refractivity contribution in [2.24, 2.45) is 5.92 Å². The Bertz CT molecular complexity index is 385. The van der Waals surface area contributed by atoms with Gasteiger partial charge in [-0.05, 0) is 39.5 Å². The van der Waals surface area contributed by atoms with Gasteiger partial charge >= 0.3 is 0 Å². The molecule has 4 heteroatoms. The highest BCUT2D eigenvalue weighted by Crippen LogP contribution is 2.32. The van der Waals surface area contributed by atoms with E-state index in [1.165, 1.54) is 12.8 Å². The third-order valence-corrected chi connectivity index (χ3v) is 3.13. The van der Waals surface area contributed by atoms with Gasteiger partial charge in [-0.1, -0.05) is 0 Å². The van der Waals surface area contributed by atoms with Crippen molar-refractivity contribution in [3.05, 3.63) is 11.4 Å². The molecule has 0 amide bonds. The molecule has 1 fully saturated rings. The molecule has 0 atom stereocenters. The zero-order valence-corrected chi connectivity index (χ0v) is 10.3. The fourth-order valence-corrected chi connectivity index (χ4v) is 1.92. The van der Waals surface area contributed by atoms with Crippen molar-refractivity contribution >= 4 is 11.6 Å². The number of anilines is 2. The molecule has 2 N–H and O–H groups in total. The summed E-state index contributed by atoms with van der Waals surface area (Å²) < 4.78 is 0. The molecule has 4 nitrogen and oxygen atoms in total. The smallest absolute Gasteiger partial charge is 0.137 e. The molecule has 1 aromatic heterocycles. The topological polar surface area (TPSA) is 55.0 Å². The maximum absolute atomic E-state index is 5.88.